The summed E-state index contributed by atoms with van der Waals surface area (Å²) in [6.07, 6.45) is 1.41. The van der Waals surface area contributed by atoms with Gasteiger partial charge in [0.1, 0.15) is 0 Å². The Hall–Kier alpha value is -0.820. The maximum absolute atomic E-state index is 10.4. The molecule has 1 heteroatoms. The van der Waals surface area contributed by atoms with Crippen molar-refractivity contribution in [1.29, 1.82) is 0 Å². The minimum Gasteiger partial charge on any atom is -0.393 e. The van der Waals surface area contributed by atoms with Gasteiger partial charge in [-0.25, -0.2) is 0 Å². The average Bonchev–Trinajstić information content (AvgIpc) is 2.21. The minimum absolute atomic E-state index is 0.241. The van der Waals surface area contributed by atoms with Gasteiger partial charge in [0.25, 0.3) is 0 Å². The van der Waals surface area contributed by atoms with Crippen molar-refractivity contribution in [3.63, 3.8) is 0 Å². The first-order valence-electron chi connectivity index (χ1n) is 7.36. The van der Waals surface area contributed by atoms with Gasteiger partial charge in [0.15, 0.2) is 0 Å². The first-order chi connectivity index (χ1) is 8.61. The lowest BCUT2D eigenvalue weighted by atomic mass is 9.78. The van der Waals surface area contributed by atoms with Crippen LogP contribution in [0.15, 0.2) is 12.1 Å². The predicted molar refractivity (Wildman–Crippen MR) is 83.6 cm³/mol. The molecule has 1 rings (SSSR count). The molecule has 0 spiro atoms. The van der Waals surface area contributed by atoms with Gasteiger partial charge < -0.3 is 5.11 Å². The van der Waals surface area contributed by atoms with E-state index < -0.39 is 0 Å². The number of aliphatic hydroxyl groups excluding tert-OH is 1. The summed E-state index contributed by atoms with van der Waals surface area (Å²) in [6.45, 7) is 15.4. The van der Waals surface area contributed by atoms with Gasteiger partial charge in [-0.05, 0) is 61.6 Å². The maximum Gasteiger partial charge on any atom is 0.0583 e. The van der Waals surface area contributed by atoms with Crippen molar-refractivity contribution in [2.75, 3.05) is 0 Å². The van der Waals surface area contributed by atoms with Crippen molar-refractivity contribution in [2.24, 2.45) is 11.3 Å². The molecule has 108 valence electrons. The largest absolute Gasteiger partial charge is 0.393 e. The maximum atomic E-state index is 10.4. The van der Waals surface area contributed by atoms with Crippen molar-refractivity contribution in [3.05, 3.63) is 34.4 Å². The molecule has 0 aromatic heterocycles. The Bertz CT molecular complexity index is 403. The SMILES string of the molecule is Cc1cc(C)c(CC(O)CC(C)C(C)(C)C)c(C)c1. The molecule has 0 heterocycles. The molecule has 0 radical (unpaired) electrons. The Balaban J connectivity index is 2.75. The van der Waals surface area contributed by atoms with E-state index in [2.05, 4.69) is 60.6 Å². The first-order valence-corrected chi connectivity index (χ1v) is 7.36. The Morgan fingerprint density at radius 2 is 1.53 bits per heavy atom. The second kappa shape index (κ2) is 6.09. The van der Waals surface area contributed by atoms with Crippen LogP contribution in [0.5, 0.6) is 0 Å². The molecule has 0 aliphatic rings. The van der Waals surface area contributed by atoms with E-state index in [4.69, 9.17) is 0 Å². The minimum atomic E-state index is -0.241. The number of aliphatic hydroxyl groups is 1. The van der Waals surface area contributed by atoms with Crippen molar-refractivity contribution in [3.8, 4) is 0 Å². The topological polar surface area (TPSA) is 20.2 Å². The lowest BCUT2D eigenvalue weighted by Gasteiger charge is -2.29. The number of hydrogen-bond acceptors (Lipinski definition) is 1. The van der Waals surface area contributed by atoms with E-state index in [9.17, 15) is 5.11 Å². The van der Waals surface area contributed by atoms with Gasteiger partial charge in [-0.3, -0.25) is 0 Å². The van der Waals surface area contributed by atoms with Crippen LogP contribution in [0.2, 0.25) is 0 Å². The van der Waals surface area contributed by atoms with Gasteiger partial charge in [0, 0.05) is 0 Å². The molecule has 1 aromatic rings. The molecule has 2 atom stereocenters. The number of rotatable bonds is 4. The molecule has 0 saturated carbocycles. The Kier molecular flexibility index (Phi) is 5.20. The lowest BCUT2D eigenvalue weighted by molar-refractivity contribution is 0.110. The van der Waals surface area contributed by atoms with Crippen LogP contribution in [0.3, 0.4) is 0 Å². The molecule has 1 N–H and O–H groups in total. The van der Waals surface area contributed by atoms with Crippen LogP contribution in [-0.4, -0.2) is 11.2 Å². The smallest absolute Gasteiger partial charge is 0.0583 e. The molecule has 2 unspecified atom stereocenters. The summed E-state index contributed by atoms with van der Waals surface area (Å²) in [4.78, 5) is 0. The fraction of sp³-hybridized carbons (Fsp3) is 0.667. The summed E-state index contributed by atoms with van der Waals surface area (Å²) in [6, 6.07) is 4.42. The summed E-state index contributed by atoms with van der Waals surface area (Å²) < 4.78 is 0. The summed E-state index contributed by atoms with van der Waals surface area (Å²) in [7, 11) is 0. The third kappa shape index (κ3) is 4.65. The van der Waals surface area contributed by atoms with Crippen LogP contribution in [-0.2, 0) is 6.42 Å². The number of hydrogen-bond donors (Lipinski definition) is 1. The Morgan fingerprint density at radius 3 is 1.95 bits per heavy atom. The van der Waals surface area contributed by atoms with Crippen LogP contribution in [0.1, 0.15) is 56.4 Å². The van der Waals surface area contributed by atoms with E-state index in [0.29, 0.717) is 5.92 Å². The lowest BCUT2D eigenvalue weighted by Crippen LogP contribution is -2.24. The second-order valence-electron chi connectivity index (χ2n) is 7.24. The summed E-state index contributed by atoms with van der Waals surface area (Å²) >= 11 is 0. The van der Waals surface area contributed by atoms with Crippen molar-refractivity contribution in [2.45, 2.75) is 67.4 Å². The summed E-state index contributed by atoms with van der Waals surface area (Å²) in [5.41, 5.74) is 5.49. The second-order valence-corrected chi connectivity index (χ2v) is 7.24. The van der Waals surface area contributed by atoms with Gasteiger partial charge in [0.05, 0.1) is 6.10 Å². The molecule has 0 aliphatic carbocycles. The van der Waals surface area contributed by atoms with Crippen molar-refractivity contribution in [1.82, 2.24) is 0 Å². The van der Waals surface area contributed by atoms with Crippen molar-refractivity contribution >= 4 is 0 Å². The standard InChI is InChI=1S/C18H30O/c1-12-8-13(2)17(14(3)9-12)11-16(19)10-15(4)18(5,6)7/h8-9,15-16,19H,10-11H2,1-7H3. The van der Waals surface area contributed by atoms with Gasteiger partial charge in [-0.15, -0.1) is 0 Å². The zero-order valence-corrected chi connectivity index (χ0v) is 13.7. The molecule has 19 heavy (non-hydrogen) atoms. The zero-order valence-electron chi connectivity index (χ0n) is 13.7. The van der Waals surface area contributed by atoms with Crippen LogP contribution < -0.4 is 0 Å². The van der Waals surface area contributed by atoms with Crippen LogP contribution in [0, 0.1) is 32.1 Å². The highest BCUT2D eigenvalue weighted by atomic mass is 16.3. The monoisotopic (exact) mass is 262 g/mol. The molecule has 0 saturated heterocycles. The van der Waals surface area contributed by atoms with E-state index >= 15 is 0 Å². The van der Waals surface area contributed by atoms with Gasteiger partial charge in [0.2, 0.25) is 0 Å². The summed E-state index contributed by atoms with van der Waals surface area (Å²) in [5.74, 6) is 0.522. The molecular weight excluding hydrogens is 232 g/mol. The van der Waals surface area contributed by atoms with Crippen LogP contribution >= 0.6 is 0 Å². The van der Waals surface area contributed by atoms with Crippen LogP contribution in [0.4, 0.5) is 0 Å². The molecule has 1 aromatic carbocycles. The average molecular weight is 262 g/mol. The van der Waals surface area contributed by atoms with Gasteiger partial charge >= 0.3 is 0 Å². The molecule has 0 fully saturated rings. The number of benzene rings is 1. The van der Waals surface area contributed by atoms with Crippen LogP contribution in [0.25, 0.3) is 0 Å². The predicted octanol–water partition coefficient (Wildman–Crippen LogP) is 4.59. The molecule has 0 bridgehead atoms. The number of aryl methyl sites for hydroxylation is 3. The third-order valence-corrected chi connectivity index (χ3v) is 4.38. The fourth-order valence-corrected chi connectivity index (χ4v) is 2.61. The highest BCUT2D eigenvalue weighted by Crippen LogP contribution is 2.30. The normalized spacial score (nSPS) is 15.4. The molecule has 1 nitrogen and oxygen atoms in total. The molecular formula is C18H30O. The highest BCUT2D eigenvalue weighted by Gasteiger charge is 2.23. The highest BCUT2D eigenvalue weighted by molar-refractivity contribution is 5.37. The molecule has 0 amide bonds. The first kappa shape index (κ1) is 16.2. The van der Waals surface area contributed by atoms with E-state index in [1.807, 2.05) is 0 Å². The van der Waals surface area contributed by atoms with E-state index in [-0.39, 0.29) is 11.5 Å². The van der Waals surface area contributed by atoms with E-state index in [0.717, 1.165) is 12.8 Å². The van der Waals surface area contributed by atoms with Crippen molar-refractivity contribution < 1.29 is 5.11 Å². The quantitative estimate of drug-likeness (QED) is 0.841. The van der Waals surface area contributed by atoms with E-state index in [1.54, 1.807) is 0 Å². The van der Waals surface area contributed by atoms with Gasteiger partial charge in [-0.2, -0.15) is 0 Å². The zero-order chi connectivity index (χ0) is 14.8. The molecule has 0 aliphatic heterocycles. The Labute approximate surface area is 119 Å². The third-order valence-electron chi connectivity index (χ3n) is 4.38. The van der Waals surface area contributed by atoms with Gasteiger partial charge in [-0.1, -0.05) is 45.4 Å². The fourth-order valence-electron chi connectivity index (χ4n) is 2.61. The van der Waals surface area contributed by atoms with E-state index in [1.165, 1.54) is 22.3 Å². The summed E-state index contributed by atoms with van der Waals surface area (Å²) in [5, 5.41) is 10.4. The Morgan fingerprint density at radius 1 is 1.05 bits per heavy atom.